The monoisotopic (exact) mass is 285 g/mol. The Morgan fingerprint density at radius 1 is 1.43 bits per heavy atom. The fraction of sp³-hybridized carbons (Fsp3) is 0.375. The minimum Gasteiger partial charge on any atom is -0.355 e. The van der Waals surface area contributed by atoms with Gasteiger partial charge < -0.3 is 15.2 Å². The molecule has 0 spiro atoms. The molecule has 21 heavy (non-hydrogen) atoms. The molecule has 1 aliphatic rings. The van der Waals surface area contributed by atoms with Crippen LogP contribution in [0.3, 0.4) is 0 Å². The molecule has 1 aromatic heterocycles. The molecule has 2 heterocycles. The van der Waals surface area contributed by atoms with Gasteiger partial charge in [0.05, 0.1) is 5.92 Å². The number of carbonyl (C=O) groups is 2. The molecule has 0 aliphatic carbocycles. The van der Waals surface area contributed by atoms with Gasteiger partial charge in [0.1, 0.15) is 0 Å². The molecule has 5 nitrogen and oxygen atoms in total. The van der Waals surface area contributed by atoms with Gasteiger partial charge in [-0.2, -0.15) is 0 Å². The van der Waals surface area contributed by atoms with E-state index in [4.69, 9.17) is 0 Å². The molecule has 1 saturated heterocycles. The Bertz CT molecular complexity index is 690. The first-order valence-electron chi connectivity index (χ1n) is 7.24. The van der Waals surface area contributed by atoms with E-state index in [0.29, 0.717) is 19.5 Å². The third kappa shape index (κ3) is 2.77. The second-order valence-electron chi connectivity index (χ2n) is 5.49. The number of aryl methyl sites for hydroxylation is 1. The highest BCUT2D eigenvalue weighted by molar-refractivity contribution is 5.89. The molecular weight excluding hydrogens is 266 g/mol. The molecule has 3 rings (SSSR count). The second-order valence-corrected chi connectivity index (χ2v) is 5.49. The van der Waals surface area contributed by atoms with Crippen LogP contribution in [-0.4, -0.2) is 29.5 Å². The Balaban J connectivity index is 1.61. The summed E-state index contributed by atoms with van der Waals surface area (Å²) in [7, 11) is 0. The van der Waals surface area contributed by atoms with Crippen molar-refractivity contribution < 1.29 is 9.59 Å². The zero-order chi connectivity index (χ0) is 14.8. The SMILES string of the molecule is Cc1cc2ccccc2n1CCNC(=O)[C@H]1CNC(=O)C1. The van der Waals surface area contributed by atoms with E-state index in [0.717, 1.165) is 6.54 Å². The van der Waals surface area contributed by atoms with Crippen LogP contribution >= 0.6 is 0 Å². The molecule has 2 aromatic rings. The van der Waals surface area contributed by atoms with Gasteiger partial charge in [0.2, 0.25) is 11.8 Å². The van der Waals surface area contributed by atoms with E-state index in [1.807, 2.05) is 12.1 Å². The Morgan fingerprint density at radius 3 is 3.00 bits per heavy atom. The first-order chi connectivity index (χ1) is 10.1. The number of para-hydroxylation sites is 1. The Kier molecular flexibility index (Phi) is 3.64. The van der Waals surface area contributed by atoms with E-state index in [9.17, 15) is 9.59 Å². The van der Waals surface area contributed by atoms with Gasteiger partial charge in [-0.25, -0.2) is 0 Å². The lowest BCUT2D eigenvalue weighted by molar-refractivity contribution is -0.126. The molecule has 110 valence electrons. The summed E-state index contributed by atoms with van der Waals surface area (Å²) in [5, 5.41) is 6.82. The molecule has 0 bridgehead atoms. The molecule has 1 atom stereocenters. The standard InChI is InChI=1S/C16H19N3O2/c1-11-8-12-4-2-3-5-14(12)19(11)7-6-17-16(21)13-9-15(20)18-10-13/h2-5,8,13H,6-7,9-10H2,1H3,(H,17,21)(H,18,20)/t13-/m1/s1. The predicted octanol–water partition coefficient (Wildman–Crippen LogP) is 1.20. The minimum absolute atomic E-state index is 0.0394. The van der Waals surface area contributed by atoms with Crippen LogP contribution in [-0.2, 0) is 16.1 Å². The number of hydrogen-bond acceptors (Lipinski definition) is 2. The van der Waals surface area contributed by atoms with Crippen LogP contribution in [0.15, 0.2) is 30.3 Å². The number of aromatic nitrogens is 1. The molecule has 1 aromatic carbocycles. The first-order valence-corrected chi connectivity index (χ1v) is 7.24. The van der Waals surface area contributed by atoms with Crippen molar-refractivity contribution in [2.75, 3.05) is 13.1 Å². The van der Waals surface area contributed by atoms with E-state index in [2.05, 4.69) is 40.3 Å². The highest BCUT2D eigenvalue weighted by Crippen LogP contribution is 2.18. The average Bonchev–Trinajstić information content (AvgIpc) is 3.03. The number of nitrogens with one attached hydrogen (secondary N) is 2. The number of rotatable bonds is 4. The van der Waals surface area contributed by atoms with Crippen LogP contribution in [0.2, 0.25) is 0 Å². The van der Waals surface area contributed by atoms with Crippen LogP contribution in [0, 0.1) is 12.8 Å². The van der Waals surface area contributed by atoms with Crippen LogP contribution in [0.4, 0.5) is 0 Å². The summed E-state index contributed by atoms with van der Waals surface area (Å²) in [4.78, 5) is 23.1. The molecular formula is C16H19N3O2. The van der Waals surface area contributed by atoms with Crippen molar-refractivity contribution in [2.24, 2.45) is 5.92 Å². The highest BCUT2D eigenvalue weighted by atomic mass is 16.2. The van der Waals surface area contributed by atoms with E-state index < -0.39 is 0 Å². The number of carbonyl (C=O) groups excluding carboxylic acids is 2. The fourth-order valence-corrected chi connectivity index (χ4v) is 2.87. The maximum Gasteiger partial charge on any atom is 0.225 e. The van der Waals surface area contributed by atoms with Crippen molar-refractivity contribution in [1.82, 2.24) is 15.2 Å². The van der Waals surface area contributed by atoms with Gasteiger partial charge in [-0.3, -0.25) is 9.59 Å². The third-order valence-corrected chi connectivity index (χ3v) is 4.00. The van der Waals surface area contributed by atoms with Gasteiger partial charge >= 0.3 is 0 Å². The van der Waals surface area contributed by atoms with Crippen LogP contribution in [0.5, 0.6) is 0 Å². The van der Waals surface area contributed by atoms with Crippen molar-refractivity contribution in [3.8, 4) is 0 Å². The smallest absolute Gasteiger partial charge is 0.225 e. The van der Waals surface area contributed by atoms with E-state index in [1.54, 1.807) is 0 Å². The van der Waals surface area contributed by atoms with E-state index in [-0.39, 0.29) is 17.7 Å². The van der Waals surface area contributed by atoms with Crippen LogP contribution in [0.1, 0.15) is 12.1 Å². The van der Waals surface area contributed by atoms with Crippen LogP contribution in [0.25, 0.3) is 10.9 Å². The van der Waals surface area contributed by atoms with Gasteiger partial charge in [0, 0.05) is 37.3 Å². The summed E-state index contributed by atoms with van der Waals surface area (Å²) in [6, 6.07) is 10.4. The highest BCUT2D eigenvalue weighted by Gasteiger charge is 2.27. The summed E-state index contributed by atoms with van der Waals surface area (Å²) in [6.45, 7) is 3.83. The Morgan fingerprint density at radius 2 is 2.24 bits per heavy atom. The molecule has 5 heteroatoms. The number of hydrogen-bond donors (Lipinski definition) is 2. The van der Waals surface area contributed by atoms with Gasteiger partial charge in [0.25, 0.3) is 0 Å². The lowest BCUT2D eigenvalue weighted by atomic mass is 10.1. The summed E-state index contributed by atoms with van der Waals surface area (Å²) in [5.41, 5.74) is 2.37. The van der Waals surface area contributed by atoms with Crippen molar-refractivity contribution in [3.63, 3.8) is 0 Å². The number of amides is 2. The first kappa shape index (κ1) is 13.7. The maximum atomic E-state index is 12.0. The molecule has 1 aliphatic heterocycles. The lowest BCUT2D eigenvalue weighted by Crippen LogP contribution is -2.34. The fourth-order valence-electron chi connectivity index (χ4n) is 2.87. The molecule has 0 saturated carbocycles. The lowest BCUT2D eigenvalue weighted by Gasteiger charge is -2.12. The van der Waals surface area contributed by atoms with Gasteiger partial charge in [-0.15, -0.1) is 0 Å². The summed E-state index contributed by atoms with van der Waals surface area (Å²) in [5.74, 6) is -0.301. The quantitative estimate of drug-likeness (QED) is 0.886. The number of nitrogens with zero attached hydrogens (tertiary/aromatic N) is 1. The molecule has 0 radical (unpaired) electrons. The van der Waals surface area contributed by atoms with Crippen molar-refractivity contribution >= 4 is 22.7 Å². The normalized spacial score (nSPS) is 18.0. The molecule has 2 N–H and O–H groups in total. The summed E-state index contributed by atoms with van der Waals surface area (Å²) in [6.07, 6.45) is 0.303. The Labute approximate surface area is 123 Å². The van der Waals surface area contributed by atoms with Crippen molar-refractivity contribution in [1.29, 1.82) is 0 Å². The zero-order valence-electron chi connectivity index (χ0n) is 12.1. The summed E-state index contributed by atoms with van der Waals surface area (Å²) < 4.78 is 2.20. The maximum absolute atomic E-state index is 12.0. The van der Waals surface area contributed by atoms with Crippen molar-refractivity contribution in [2.45, 2.75) is 19.9 Å². The van der Waals surface area contributed by atoms with Gasteiger partial charge in [-0.1, -0.05) is 18.2 Å². The Hall–Kier alpha value is -2.30. The van der Waals surface area contributed by atoms with Crippen molar-refractivity contribution in [3.05, 3.63) is 36.0 Å². The number of benzene rings is 1. The third-order valence-electron chi connectivity index (χ3n) is 4.00. The predicted molar refractivity (Wildman–Crippen MR) is 80.8 cm³/mol. The molecule has 0 unspecified atom stereocenters. The van der Waals surface area contributed by atoms with Crippen LogP contribution < -0.4 is 10.6 Å². The topological polar surface area (TPSA) is 63.1 Å². The zero-order valence-corrected chi connectivity index (χ0v) is 12.1. The molecule has 2 amide bonds. The van der Waals surface area contributed by atoms with E-state index in [1.165, 1.54) is 16.6 Å². The van der Waals surface area contributed by atoms with Gasteiger partial charge in [-0.05, 0) is 24.4 Å². The van der Waals surface area contributed by atoms with E-state index >= 15 is 0 Å². The average molecular weight is 285 g/mol. The summed E-state index contributed by atoms with van der Waals surface area (Å²) >= 11 is 0. The number of fused-ring (bicyclic) bond motifs is 1. The second kappa shape index (κ2) is 5.60. The van der Waals surface area contributed by atoms with Gasteiger partial charge in [0.15, 0.2) is 0 Å². The minimum atomic E-state index is -0.222. The molecule has 1 fully saturated rings. The largest absolute Gasteiger partial charge is 0.355 e.